The fourth-order valence-electron chi connectivity index (χ4n) is 1.67. The van der Waals surface area contributed by atoms with Crippen LogP contribution < -0.4 is 0 Å². The Labute approximate surface area is 105 Å². The molecule has 0 radical (unpaired) electrons. The molecule has 0 N–H and O–H groups in total. The minimum atomic E-state index is -0.0918. The van der Waals surface area contributed by atoms with Crippen molar-refractivity contribution in [2.75, 3.05) is 32.6 Å². The zero-order chi connectivity index (χ0) is 12.1. The molecule has 17 heavy (non-hydrogen) atoms. The van der Waals surface area contributed by atoms with Crippen LogP contribution in [0.15, 0.2) is 33.9 Å². The van der Waals surface area contributed by atoms with Gasteiger partial charge in [-0.2, -0.15) is 0 Å². The van der Waals surface area contributed by atoms with Crippen molar-refractivity contribution in [3.63, 3.8) is 0 Å². The number of rotatable bonds is 4. The average molecular weight is 253 g/mol. The van der Waals surface area contributed by atoms with E-state index in [0.717, 1.165) is 18.1 Å². The monoisotopic (exact) mass is 253 g/mol. The molecule has 0 saturated carbocycles. The number of thioether (sulfide) groups is 1. The zero-order valence-corrected chi connectivity index (χ0v) is 10.5. The second kappa shape index (κ2) is 5.93. The summed E-state index contributed by atoms with van der Waals surface area (Å²) < 4.78 is 10.4. The Hall–Kier alpha value is -1.20. The van der Waals surface area contributed by atoms with Gasteiger partial charge in [0.05, 0.1) is 24.5 Å². The molecule has 1 aromatic rings. The fraction of sp³-hybridized carbons (Fsp3) is 0.417. The molecule has 92 valence electrons. The lowest BCUT2D eigenvalue weighted by molar-refractivity contribution is 0.0574. The Morgan fingerprint density at radius 1 is 1.47 bits per heavy atom. The van der Waals surface area contributed by atoms with Gasteiger partial charge in [0.15, 0.2) is 5.76 Å². The fourth-order valence-corrected chi connectivity index (χ4v) is 2.33. The summed E-state index contributed by atoms with van der Waals surface area (Å²) in [6, 6.07) is 3.39. The van der Waals surface area contributed by atoms with Crippen molar-refractivity contribution < 1.29 is 13.9 Å². The first-order chi connectivity index (χ1) is 8.31. The maximum atomic E-state index is 11.9. The predicted molar refractivity (Wildman–Crippen MR) is 67.0 cm³/mol. The van der Waals surface area contributed by atoms with Crippen molar-refractivity contribution in [1.82, 2.24) is 4.90 Å². The summed E-state index contributed by atoms with van der Waals surface area (Å²) in [4.78, 5) is 14.0. The third-order valence-electron chi connectivity index (χ3n) is 2.55. The maximum Gasteiger partial charge on any atom is 0.223 e. The van der Waals surface area contributed by atoms with Crippen molar-refractivity contribution in [1.29, 1.82) is 0 Å². The number of carbonyl (C=O) groups excluding carboxylic acids is 1. The molecule has 0 aromatic carbocycles. The number of ketones is 1. The second-order valence-electron chi connectivity index (χ2n) is 3.63. The normalized spacial score (nSPS) is 17.2. The van der Waals surface area contributed by atoms with Gasteiger partial charge in [-0.25, -0.2) is 0 Å². The number of allylic oxidation sites excluding steroid dienone is 1. The van der Waals surface area contributed by atoms with Crippen LogP contribution in [0.3, 0.4) is 0 Å². The second-order valence-corrected chi connectivity index (χ2v) is 4.45. The van der Waals surface area contributed by atoms with Gasteiger partial charge < -0.3 is 14.1 Å². The van der Waals surface area contributed by atoms with Crippen molar-refractivity contribution in [3.8, 4) is 0 Å². The molecule has 1 saturated heterocycles. The standard InChI is InChI=1S/C12H15NO3S/c1-17-12(13-4-7-15-8-5-13)9-10(14)11-3-2-6-16-11/h2-3,6,9H,4-5,7-8H2,1H3/b12-9-. The average Bonchev–Trinajstić information content (AvgIpc) is 2.90. The van der Waals surface area contributed by atoms with Crippen LogP contribution in [0.2, 0.25) is 0 Å². The van der Waals surface area contributed by atoms with Gasteiger partial charge in [0, 0.05) is 19.2 Å². The predicted octanol–water partition coefficient (Wildman–Crippen LogP) is 2.00. The minimum absolute atomic E-state index is 0.0918. The molecule has 1 aliphatic heterocycles. The molecule has 2 heterocycles. The molecule has 0 spiro atoms. The van der Waals surface area contributed by atoms with Gasteiger partial charge in [-0.3, -0.25) is 4.79 Å². The van der Waals surface area contributed by atoms with Crippen molar-refractivity contribution in [2.24, 2.45) is 0 Å². The van der Waals surface area contributed by atoms with E-state index in [1.54, 1.807) is 30.0 Å². The molecule has 0 bridgehead atoms. The van der Waals surface area contributed by atoms with Crippen molar-refractivity contribution in [2.45, 2.75) is 0 Å². The van der Waals surface area contributed by atoms with Crippen molar-refractivity contribution in [3.05, 3.63) is 35.3 Å². The first-order valence-corrected chi connectivity index (χ1v) is 6.70. The molecule has 0 unspecified atom stereocenters. The van der Waals surface area contributed by atoms with Crippen LogP contribution in [0, 0.1) is 0 Å². The van der Waals surface area contributed by atoms with E-state index in [2.05, 4.69) is 4.90 Å². The number of nitrogens with zero attached hydrogens (tertiary/aromatic N) is 1. The van der Waals surface area contributed by atoms with Gasteiger partial charge >= 0.3 is 0 Å². The van der Waals surface area contributed by atoms with Gasteiger partial charge in [0.25, 0.3) is 0 Å². The summed E-state index contributed by atoms with van der Waals surface area (Å²) in [5.41, 5.74) is 0. The highest BCUT2D eigenvalue weighted by Crippen LogP contribution is 2.19. The van der Waals surface area contributed by atoms with E-state index in [-0.39, 0.29) is 5.78 Å². The summed E-state index contributed by atoms with van der Waals surface area (Å²) in [7, 11) is 0. The molecule has 2 rings (SSSR count). The Balaban J connectivity index is 2.08. The highest BCUT2D eigenvalue weighted by atomic mass is 32.2. The number of furan rings is 1. The number of ether oxygens (including phenoxy) is 1. The highest BCUT2D eigenvalue weighted by Gasteiger charge is 2.15. The first-order valence-electron chi connectivity index (χ1n) is 5.47. The van der Waals surface area contributed by atoms with Gasteiger partial charge in [-0.05, 0) is 18.4 Å². The van der Waals surface area contributed by atoms with Crippen LogP contribution in [0.4, 0.5) is 0 Å². The number of morpholine rings is 1. The molecule has 1 fully saturated rings. The van der Waals surface area contributed by atoms with Crippen LogP contribution in [0.5, 0.6) is 0 Å². The summed E-state index contributed by atoms with van der Waals surface area (Å²) in [5.74, 6) is 0.288. The van der Waals surface area contributed by atoms with Gasteiger partial charge in [0.1, 0.15) is 0 Å². The van der Waals surface area contributed by atoms with Crippen LogP contribution in [0.1, 0.15) is 10.6 Å². The molecule has 4 nitrogen and oxygen atoms in total. The van der Waals surface area contributed by atoms with Gasteiger partial charge in [-0.15, -0.1) is 11.8 Å². The molecule has 5 heteroatoms. The van der Waals surface area contributed by atoms with Crippen LogP contribution in [0.25, 0.3) is 0 Å². The van der Waals surface area contributed by atoms with Crippen LogP contribution >= 0.6 is 11.8 Å². The SMILES string of the molecule is CS/C(=C\C(=O)c1ccco1)N1CCOCC1. The molecule has 1 aromatic heterocycles. The summed E-state index contributed by atoms with van der Waals surface area (Å²) in [6.45, 7) is 3.09. The topological polar surface area (TPSA) is 42.7 Å². The number of hydrogen-bond donors (Lipinski definition) is 0. The number of carbonyl (C=O) groups is 1. The lowest BCUT2D eigenvalue weighted by Gasteiger charge is -2.29. The summed E-state index contributed by atoms with van der Waals surface area (Å²) in [6.07, 6.45) is 5.11. The van der Waals surface area contributed by atoms with Crippen LogP contribution in [-0.4, -0.2) is 43.2 Å². The molecule has 1 aliphatic rings. The summed E-state index contributed by atoms with van der Waals surface area (Å²) in [5, 5.41) is 0.967. The quantitative estimate of drug-likeness (QED) is 0.606. The molecule has 0 atom stereocenters. The van der Waals surface area contributed by atoms with Gasteiger partial charge in [0.2, 0.25) is 5.78 Å². The molecule has 0 amide bonds. The molecular weight excluding hydrogens is 238 g/mol. The Morgan fingerprint density at radius 3 is 2.82 bits per heavy atom. The largest absolute Gasteiger partial charge is 0.461 e. The van der Waals surface area contributed by atoms with E-state index in [9.17, 15) is 4.79 Å². The Kier molecular flexibility index (Phi) is 4.28. The third-order valence-corrected chi connectivity index (χ3v) is 3.34. The lowest BCUT2D eigenvalue weighted by Crippen LogP contribution is -2.35. The van der Waals surface area contributed by atoms with E-state index in [4.69, 9.17) is 9.15 Å². The van der Waals surface area contributed by atoms with E-state index < -0.39 is 0 Å². The smallest absolute Gasteiger partial charge is 0.223 e. The van der Waals surface area contributed by atoms with Gasteiger partial charge in [-0.1, -0.05) is 0 Å². The van der Waals surface area contributed by atoms with E-state index >= 15 is 0 Å². The van der Waals surface area contributed by atoms with Crippen molar-refractivity contribution >= 4 is 17.5 Å². The van der Waals surface area contributed by atoms with Crippen LogP contribution in [-0.2, 0) is 4.74 Å². The number of hydrogen-bond acceptors (Lipinski definition) is 5. The minimum Gasteiger partial charge on any atom is -0.461 e. The molecular formula is C12H15NO3S. The highest BCUT2D eigenvalue weighted by molar-refractivity contribution is 8.02. The van der Waals surface area contributed by atoms with E-state index in [1.165, 1.54) is 6.26 Å². The van der Waals surface area contributed by atoms with E-state index in [0.29, 0.717) is 19.0 Å². The zero-order valence-electron chi connectivity index (χ0n) is 9.72. The Morgan fingerprint density at radius 2 is 2.24 bits per heavy atom. The summed E-state index contributed by atoms with van der Waals surface area (Å²) >= 11 is 1.57. The maximum absolute atomic E-state index is 11.9. The molecule has 0 aliphatic carbocycles. The first kappa shape index (κ1) is 12.3. The Bertz CT molecular complexity index is 394. The third kappa shape index (κ3) is 3.14. The van der Waals surface area contributed by atoms with E-state index in [1.807, 2.05) is 6.26 Å². The lowest BCUT2D eigenvalue weighted by atomic mass is 10.3.